The molecular formula is C34H30N4O2S. The van der Waals surface area contributed by atoms with E-state index in [1.807, 2.05) is 145 Å². The minimum Gasteiger partial charge on any atom is -0.293 e. The van der Waals surface area contributed by atoms with E-state index >= 15 is 0 Å². The molecule has 2 heterocycles. The molecule has 0 N–H and O–H groups in total. The van der Waals surface area contributed by atoms with Gasteiger partial charge in [-0.2, -0.15) is 10.2 Å². The molecule has 6 rings (SSSR count). The summed E-state index contributed by atoms with van der Waals surface area (Å²) in [6.07, 6.45) is 0. The number of benzene rings is 4. The number of hydrogen-bond acceptors (Lipinski definition) is 7. The van der Waals surface area contributed by atoms with Gasteiger partial charge in [-0.3, -0.25) is 19.6 Å². The van der Waals surface area contributed by atoms with Gasteiger partial charge in [0.1, 0.15) is 10.7 Å². The fraction of sp³-hybridized carbons (Fsp3) is 0.176. The van der Waals surface area contributed by atoms with Crippen LogP contribution in [-0.2, 0) is 0 Å². The Bertz CT molecular complexity index is 1470. The van der Waals surface area contributed by atoms with Crippen molar-refractivity contribution in [2.75, 3.05) is 10.0 Å². The van der Waals surface area contributed by atoms with Gasteiger partial charge in [0.2, 0.25) is 0 Å². The molecule has 7 heteroatoms. The molecule has 0 spiro atoms. The van der Waals surface area contributed by atoms with Crippen LogP contribution < -0.4 is 10.0 Å². The van der Waals surface area contributed by atoms with E-state index in [1.54, 1.807) is 11.8 Å². The summed E-state index contributed by atoms with van der Waals surface area (Å²) in [5, 5.41) is 12.9. The third-order valence-electron chi connectivity index (χ3n) is 7.49. The molecule has 4 atom stereocenters. The summed E-state index contributed by atoms with van der Waals surface area (Å²) < 4.78 is 0. The molecule has 6 nitrogen and oxygen atoms in total. The van der Waals surface area contributed by atoms with Crippen LogP contribution in [0, 0.1) is 11.8 Å². The van der Waals surface area contributed by atoms with E-state index in [9.17, 15) is 9.59 Å². The third kappa shape index (κ3) is 5.21. The standard InChI is InChI=1S/C34H30N4O2S/c1-23-29(31(39)25-15-7-3-8-16-25)33(37(35-23)27-19-11-5-12-20-27)41-34-30(32(40)26-17-9-4-10-18-26)24(2)36-38(34)28-21-13-6-14-22-28/h3-22,29-30,33-34H,1-2H3/t29-,30+,33-,34-/m1/s1. The van der Waals surface area contributed by atoms with Crippen LogP contribution in [0.1, 0.15) is 34.6 Å². The Morgan fingerprint density at radius 2 is 0.854 bits per heavy atom. The van der Waals surface area contributed by atoms with Gasteiger partial charge in [0, 0.05) is 22.6 Å². The molecule has 0 aromatic heterocycles. The zero-order valence-corrected chi connectivity index (χ0v) is 23.7. The smallest absolute Gasteiger partial charge is 0.174 e. The Kier molecular flexibility index (Phi) is 7.53. The number of para-hydroxylation sites is 2. The van der Waals surface area contributed by atoms with Crippen molar-refractivity contribution in [2.45, 2.75) is 24.6 Å². The Balaban J connectivity index is 1.43. The number of Topliss-reactive ketones (excluding diaryl/α,β-unsaturated/α-hetero) is 2. The second-order valence-corrected chi connectivity index (χ2v) is 11.4. The molecule has 0 amide bonds. The van der Waals surface area contributed by atoms with Gasteiger partial charge in [0.05, 0.1) is 23.2 Å². The van der Waals surface area contributed by atoms with Crippen molar-refractivity contribution in [1.29, 1.82) is 0 Å². The zero-order chi connectivity index (χ0) is 28.3. The summed E-state index contributed by atoms with van der Waals surface area (Å²) in [7, 11) is 0. The number of anilines is 2. The predicted molar refractivity (Wildman–Crippen MR) is 168 cm³/mol. The first kappa shape index (κ1) is 26.7. The van der Waals surface area contributed by atoms with Crippen LogP contribution in [0.25, 0.3) is 0 Å². The van der Waals surface area contributed by atoms with Gasteiger partial charge in [-0.1, -0.05) is 97.1 Å². The van der Waals surface area contributed by atoms with Crippen molar-refractivity contribution >= 4 is 46.1 Å². The van der Waals surface area contributed by atoms with E-state index in [2.05, 4.69) is 0 Å². The lowest BCUT2D eigenvalue weighted by atomic mass is 9.93. The second kappa shape index (κ2) is 11.6. The number of ketones is 2. The monoisotopic (exact) mass is 558 g/mol. The second-order valence-electron chi connectivity index (χ2n) is 10.2. The Morgan fingerprint density at radius 1 is 0.537 bits per heavy atom. The van der Waals surface area contributed by atoms with Crippen molar-refractivity contribution in [3.8, 4) is 0 Å². The number of carbonyl (C=O) groups excluding carboxylic acids is 2. The first-order valence-electron chi connectivity index (χ1n) is 13.7. The molecule has 0 bridgehead atoms. The summed E-state index contributed by atoms with van der Waals surface area (Å²) in [5.74, 6) is -0.992. The maximum Gasteiger partial charge on any atom is 0.174 e. The normalized spacial score (nSPS) is 21.9. The molecule has 4 aromatic carbocycles. The molecule has 0 aliphatic carbocycles. The first-order valence-corrected chi connectivity index (χ1v) is 14.6. The lowest BCUT2D eigenvalue weighted by Gasteiger charge is -2.34. The lowest BCUT2D eigenvalue weighted by molar-refractivity contribution is 0.0951. The van der Waals surface area contributed by atoms with Crippen LogP contribution in [0.3, 0.4) is 0 Å². The van der Waals surface area contributed by atoms with Crippen LogP contribution in [0.2, 0.25) is 0 Å². The molecule has 0 saturated carbocycles. The van der Waals surface area contributed by atoms with Crippen molar-refractivity contribution < 1.29 is 9.59 Å². The third-order valence-corrected chi connectivity index (χ3v) is 8.99. The minimum atomic E-state index is -0.506. The van der Waals surface area contributed by atoms with Crippen molar-refractivity contribution in [3.05, 3.63) is 132 Å². The number of carbonyl (C=O) groups is 2. The highest BCUT2D eigenvalue weighted by atomic mass is 32.2. The fourth-order valence-corrected chi connectivity index (χ4v) is 7.27. The maximum absolute atomic E-state index is 14.0. The van der Waals surface area contributed by atoms with Gasteiger partial charge >= 0.3 is 0 Å². The number of nitrogens with zero attached hydrogens (tertiary/aromatic N) is 4. The van der Waals surface area contributed by atoms with E-state index in [4.69, 9.17) is 10.2 Å². The molecule has 0 saturated heterocycles. The Labute approximate surface area is 244 Å². The van der Waals surface area contributed by atoms with Crippen LogP contribution >= 0.6 is 11.8 Å². The number of rotatable bonds is 8. The van der Waals surface area contributed by atoms with E-state index in [0.717, 1.165) is 22.8 Å². The van der Waals surface area contributed by atoms with Gasteiger partial charge in [-0.25, -0.2) is 0 Å². The van der Waals surface area contributed by atoms with Crippen LogP contribution in [0.15, 0.2) is 132 Å². The van der Waals surface area contributed by atoms with Gasteiger partial charge in [-0.15, -0.1) is 11.8 Å². The summed E-state index contributed by atoms with van der Waals surface area (Å²) >= 11 is 1.57. The first-order chi connectivity index (χ1) is 20.0. The highest BCUT2D eigenvalue weighted by Crippen LogP contribution is 2.45. The molecule has 4 aromatic rings. The summed E-state index contributed by atoms with van der Waals surface area (Å²) in [5.41, 5.74) is 4.55. The average molecular weight is 559 g/mol. The van der Waals surface area contributed by atoms with Crippen molar-refractivity contribution in [3.63, 3.8) is 0 Å². The molecule has 0 unspecified atom stereocenters. The highest BCUT2D eigenvalue weighted by Gasteiger charge is 2.48. The number of thioether (sulfide) groups is 1. The Hall–Kier alpha value is -4.49. The predicted octanol–water partition coefficient (Wildman–Crippen LogP) is 7.16. The van der Waals surface area contributed by atoms with Crippen LogP contribution in [0.4, 0.5) is 11.4 Å². The molecule has 2 aliphatic heterocycles. The summed E-state index contributed by atoms with van der Waals surface area (Å²) in [4.78, 5) is 28.1. The molecule has 41 heavy (non-hydrogen) atoms. The van der Waals surface area contributed by atoms with Gasteiger partial charge < -0.3 is 0 Å². The highest BCUT2D eigenvalue weighted by molar-refractivity contribution is 8.00. The molecule has 204 valence electrons. The van der Waals surface area contributed by atoms with Crippen LogP contribution in [-0.4, -0.2) is 33.7 Å². The summed E-state index contributed by atoms with van der Waals surface area (Å²) in [6, 6.07) is 38.5. The quantitative estimate of drug-likeness (QED) is 0.215. The SMILES string of the molecule is CC1=NN(c2ccccc2)[C@H](S[C@@H]2[C@@H](C(=O)c3ccccc3)C(C)=NN2c2ccccc2)[C@@H]1C(=O)c1ccccc1. The van der Waals surface area contributed by atoms with E-state index in [1.165, 1.54) is 0 Å². The van der Waals surface area contributed by atoms with Gasteiger partial charge in [0.15, 0.2) is 11.6 Å². The largest absolute Gasteiger partial charge is 0.293 e. The van der Waals surface area contributed by atoms with Crippen molar-refractivity contribution in [1.82, 2.24) is 0 Å². The van der Waals surface area contributed by atoms with E-state index in [-0.39, 0.29) is 11.6 Å². The van der Waals surface area contributed by atoms with E-state index in [0.29, 0.717) is 11.1 Å². The lowest BCUT2D eigenvalue weighted by Crippen LogP contribution is -2.42. The number of hydrogen-bond donors (Lipinski definition) is 0. The van der Waals surface area contributed by atoms with Gasteiger partial charge in [-0.05, 0) is 38.1 Å². The topological polar surface area (TPSA) is 65.3 Å². The minimum absolute atomic E-state index is 0.00983. The van der Waals surface area contributed by atoms with Gasteiger partial charge in [0.25, 0.3) is 0 Å². The van der Waals surface area contributed by atoms with E-state index < -0.39 is 22.6 Å². The molecule has 2 aliphatic rings. The molecule has 0 fully saturated rings. The molecule has 0 radical (unpaired) electrons. The Morgan fingerprint density at radius 3 is 1.20 bits per heavy atom. The average Bonchev–Trinajstić information content (AvgIpc) is 3.53. The van der Waals surface area contributed by atoms with Crippen LogP contribution in [0.5, 0.6) is 0 Å². The number of hydrazone groups is 2. The summed E-state index contributed by atoms with van der Waals surface area (Å²) in [6.45, 7) is 3.83. The zero-order valence-electron chi connectivity index (χ0n) is 22.9. The van der Waals surface area contributed by atoms with Crippen molar-refractivity contribution in [2.24, 2.45) is 22.0 Å². The fourth-order valence-electron chi connectivity index (χ4n) is 5.46. The maximum atomic E-state index is 14.0. The molecular weight excluding hydrogens is 528 g/mol.